The summed E-state index contributed by atoms with van der Waals surface area (Å²) in [6.07, 6.45) is 0. The van der Waals surface area contributed by atoms with Gasteiger partial charge in [-0.15, -0.1) is 0 Å². The number of hydrogen-bond donors (Lipinski definition) is 0. The summed E-state index contributed by atoms with van der Waals surface area (Å²) in [7, 11) is 3.23. The van der Waals surface area contributed by atoms with Crippen molar-refractivity contribution in [1.82, 2.24) is 0 Å². The van der Waals surface area contributed by atoms with Crippen LogP contribution in [-0.2, 0) is 0 Å². The van der Waals surface area contributed by atoms with Crippen molar-refractivity contribution in [2.24, 2.45) is 0 Å². The van der Waals surface area contributed by atoms with Crippen LogP contribution in [-0.4, -0.2) is 14.2 Å². The fourth-order valence-electron chi connectivity index (χ4n) is 1.93. The third-order valence-electron chi connectivity index (χ3n) is 2.88. The number of methoxy groups -OCH3 is 2. The fourth-order valence-corrected chi connectivity index (χ4v) is 2.68. The fraction of sp³-hybridized carbons (Fsp3) is 0.200. The van der Waals surface area contributed by atoms with Crippen LogP contribution in [0, 0.1) is 5.82 Å². The molecule has 19 heavy (non-hydrogen) atoms. The van der Waals surface area contributed by atoms with Crippen molar-refractivity contribution >= 4 is 15.9 Å². The molecule has 0 spiro atoms. The summed E-state index contributed by atoms with van der Waals surface area (Å²) in [6.45, 7) is 0. The lowest BCUT2D eigenvalue weighted by molar-refractivity contribution is 0.386. The molecule has 0 N–H and O–H groups in total. The van der Waals surface area contributed by atoms with Crippen LogP contribution < -0.4 is 9.47 Å². The van der Waals surface area contributed by atoms with Gasteiger partial charge in [-0.2, -0.15) is 0 Å². The first kappa shape index (κ1) is 13.9. The molecule has 0 saturated carbocycles. The van der Waals surface area contributed by atoms with Crippen LogP contribution in [0.2, 0.25) is 0 Å². The van der Waals surface area contributed by atoms with Crippen LogP contribution >= 0.6 is 15.9 Å². The third-order valence-corrected chi connectivity index (χ3v) is 3.87. The number of halogens is 2. The van der Waals surface area contributed by atoms with Crippen LogP contribution in [0.3, 0.4) is 0 Å². The van der Waals surface area contributed by atoms with Crippen LogP contribution in [0.15, 0.2) is 42.5 Å². The quantitative estimate of drug-likeness (QED) is 0.779. The Morgan fingerprint density at radius 3 is 1.95 bits per heavy atom. The van der Waals surface area contributed by atoms with E-state index < -0.39 is 0 Å². The van der Waals surface area contributed by atoms with Crippen molar-refractivity contribution in [3.63, 3.8) is 0 Å². The predicted molar refractivity (Wildman–Crippen MR) is 76.7 cm³/mol. The zero-order valence-corrected chi connectivity index (χ0v) is 12.3. The standard InChI is InChI=1S/C15H14BrFO2/c1-18-12-4-3-5-13(19-2)14(12)15(16)10-6-8-11(17)9-7-10/h3-9,15H,1-2H3. The Hall–Kier alpha value is -1.55. The van der Waals surface area contributed by atoms with Crippen LogP contribution in [0.4, 0.5) is 4.39 Å². The molecule has 0 aliphatic rings. The van der Waals surface area contributed by atoms with E-state index in [1.807, 2.05) is 18.2 Å². The molecule has 2 aromatic rings. The van der Waals surface area contributed by atoms with E-state index in [0.29, 0.717) is 0 Å². The molecule has 0 fully saturated rings. The average Bonchev–Trinajstić information content (AvgIpc) is 2.46. The second kappa shape index (κ2) is 6.06. The number of alkyl halides is 1. The van der Waals surface area contributed by atoms with Gasteiger partial charge < -0.3 is 9.47 Å². The summed E-state index contributed by atoms with van der Waals surface area (Å²) in [5, 5.41) is 0. The molecule has 0 aliphatic heterocycles. The van der Waals surface area contributed by atoms with Crippen molar-refractivity contribution in [1.29, 1.82) is 0 Å². The Labute approximate surface area is 120 Å². The summed E-state index contributed by atoms with van der Waals surface area (Å²) in [6, 6.07) is 12.0. The highest BCUT2D eigenvalue weighted by Crippen LogP contribution is 2.42. The maximum Gasteiger partial charge on any atom is 0.127 e. The van der Waals surface area contributed by atoms with E-state index in [9.17, 15) is 4.39 Å². The van der Waals surface area contributed by atoms with E-state index >= 15 is 0 Å². The molecule has 0 radical (unpaired) electrons. The molecule has 0 aliphatic carbocycles. The molecule has 100 valence electrons. The maximum absolute atomic E-state index is 13.0. The lowest BCUT2D eigenvalue weighted by atomic mass is 10.0. The van der Waals surface area contributed by atoms with Gasteiger partial charge in [0.25, 0.3) is 0 Å². The van der Waals surface area contributed by atoms with Crippen LogP contribution in [0.1, 0.15) is 16.0 Å². The summed E-state index contributed by atoms with van der Waals surface area (Å²) < 4.78 is 23.7. The van der Waals surface area contributed by atoms with Gasteiger partial charge in [0, 0.05) is 0 Å². The first-order valence-corrected chi connectivity index (χ1v) is 6.69. The van der Waals surface area contributed by atoms with Gasteiger partial charge in [0.05, 0.1) is 24.6 Å². The van der Waals surface area contributed by atoms with Crippen molar-refractivity contribution in [3.05, 3.63) is 59.4 Å². The van der Waals surface area contributed by atoms with E-state index in [4.69, 9.17) is 9.47 Å². The summed E-state index contributed by atoms with van der Waals surface area (Å²) in [4.78, 5) is -0.126. The lowest BCUT2D eigenvalue weighted by Gasteiger charge is -2.18. The van der Waals surface area contributed by atoms with Gasteiger partial charge in [-0.25, -0.2) is 4.39 Å². The Morgan fingerprint density at radius 2 is 1.47 bits per heavy atom. The van der Waals surface area contributed by atoms with Crippen molar-refractivity contribution in [2.75, 3.05) is 14.2 Å². The number of rotatable bonds is 4. The van der Waals surface area contributed by atoms with E-state index in [1.165, 1.54) is 12.1 Å². The normalized spacial score (nSPS) is 12.0. The molecule has 2 rings (SSSR count). The first-order chi connectivity index (χ1) is 9.17. The molecule has 0 aromatic heterocycles. The van der Waals surface area contributed by atoms with Gasteiger partial charge in [0.2, 0.25) is 0 Å². The molecule has 2 aromatic carbocycles. The molecular formula is C15H14BrFO2. The highest BCUT2D eigenvalue weighted by Gasteiger charge is 2.20. The highest BCUT2D eigenvalue weighted by atomic mass is 79.9. The zero-order valence-electron chi connectivity index (χ0n) is 10.7. The third kappa shape index (κ3) is 2.89. The Bertz CT molecular complexity index is 532. The smallest absolute Gasteiger partial charge is 0.127 e. The highest BCUT2D eigenvalue weighted by molar-refractivity contribution is 9.09. The van der Waals surface area contributed by atoms with E-state index in [2.05, 4.69) is 15.9 Å². The molecule has 0 amide bonds. The lowest BCUT2D eigenvalue weighted by Crippen LogP contribution is -2.00. The SMILES string of the molecule is COc1cccc(OC)c1C(Br)c1ccc(F)cc1. The number of hydrogen-bond acceptors (Lipinski definition) is 2. The second-order valence-electron chi connectivity index (χ2n) is 3.99. The Morgan fingerprint density at radius 1 is 0.947 bits per heavy atom. The molecule has 0 heterocycles. The molecule has 1 unspecified atom stereocenters. The summed E-state index contributed by atoms with van der Waals surface area (Å²) in [5.41, 5.74) is 1.82. The molecular weight excluding hydrogens is 311 g/mol. The van der Waals surface area contributed by atoms with Gasteiger partial charge >= 0.3 is 0 Å². The topological polar surface area (TPSA) is 18.5 Å². The number of benzene rings is 2. The second-order valence-corrected chi connectivity index (χ2v) is 4.91. The van der Waals surface area contributed by atoms with E-state index in [0.717, 1.165) is 22.6 Å². The minimum atomic E-state index is -0.254. The van der Waals surface area contributed by atoms with Crippen LogP contribution in [0.5, 0.6) is 11.5 Å². The first-order valence-electron chi connectivity index (χ1n) is 5.77. The Kier molecular flexibility index (Phi) is 4.43. The van der Waals surface area contributed by atoms with Crippen molar-refractivity contribution in [3.8, 4) is 11.5 Å². The van der Waals surface area contributed by atoms with Gasteiger partial charge in [-0.3, -0.25) is 0 Å². The average molecular weight is 325 g/mol. The van der Waals surface area contributed by atoms with Gasteiger partial charge in [-0.05, 0) is 29.8 Å². The monoisotopic (exact) mass is 324 g/mol. The number of ether oxygens (including phenoxy) is 2. The van der Waals surface area contributed by atoms with E-state index in [1.54, 1.807) is 26.4 Å². The molecule has 1 atom stereocenters. The van der Waals surface area contributed by atoms with Crippen molar-refractivity contribution < 1.29 is 13.9 Å². The largest absolute Gasteiger partial charge is 0.496 e. The molecule has 2 nitrogen and oxygen atoms in total. The van der Waals surface area contributed by atoms with Crippen molar-refractivity contribution in [2.45, 2.75) is 4.83 Å². The molecule has 4 heteroatoms. The van der Waals surface area contributed by atoms with Gasteiger partial charge in [0.15, 0.2) is 0 Å². The predicted octanol–water partition coefficient (Wildman–Crippen LogP) is 4.33. The van der Waals surface area contributed by atoms with Gasteiger partial charge in [-0.1, -0.05) is 34.1 Å². The minimum Gasteiger partial charge on any atom is -0.496 e. The maximum atomic E-state index is 13.0. The van der Waals surface area contributed by atoms with Gasteiger partial charge in [0.1, 0.15) is 17.3 Å². The molecule has 0 bridgehead atoms. The van der Waals surface area contributed by atoms with Crippen LogP contribution in [0.25, 0.3) is 0 Å². The summed E-state index contributed by atoms with van der Waals surface area (Å²) in [5.74, 6) is 1.20. The Balaban J connectivity index is 2.47. The van der Waals surface area contributed by atoms with E-state index in [-0.39, 0.29) is 10.6 Å². The summed E-state index contributed by atoms with van der Waals surface area (Å²) >= 11 is 3.62. The minimum absolute atomic E-state index is 0.126. The zero-order chi connectivity index (χ0) is 13.8. The molecule has 0 saturated heterocycles.